The summed E-state index contributed by atoms with van der Waals surface area (Å²) in [5.74, 6) is 0.152. The third-order valence-corrected chi connectivity index (χ3v) is 5.20. The molecule has 0 spiro atoms. The average molecular weight is 312 g/mol. The molecular formula is C16H28N2O2S. The van der Waals surface area contributed by atoms with Crippen LogP contribution in [0.15, 0.2) is 0 Å². The molecule has 2 rings (SSSR count). The zero-order chi connectivity index (χ0) is 15.3. The fourth-order valence-corrected chi connectivity index (χ4v) is 3.86. The van der Waals surface area contributed by atoms with Crippen molar-refractivity contribution in [1.29, 1.82) is 0 Å². The molecule has 1 unspecified atom stereocenters. The van der Waals surface area contributed by atoms with Gasteiger partial charge in [0.15, 0.2) is 0 Å². The largest absolute Gasteiger partial charge is 0.392 e. The van der Waals surface area contributed by atoms with Crippen LogP contribution in [0, 0.1) is 5.41 Å². The SMILES string of the molecule is CCCOC1CCCN(C(=O)C2(C(N)=S)CCCCC2)C1. The number of hydrogen-bond donors (Lipinski definition) is 1. The van der Waals surface area contributed by atoms with E-state index in [9.17, 15) is 4.79 Å². The van der Waals surface area contributed by atoms with Crippen LogP contribution in [0.3, 0.4) is 0 Å². The number of rotatable bonds is 5. The summed E-state index contributed by atoms with van der Waals surface area (Å²) in [6.45, 7) is 4.39. The molecule has 21 heavy (non-hydrogen) atoms. The molecule has 0 aromatic carbocycles. The third kappa shape index (κ3) is 3.75. The van der Waals surface area contributed by atoms with Crippen molar-refractivity contribution >= 4 is 23.1 Å². The third-order valence-electron chi connectivity index (χ3n) is 4.81. The molecule has 120 valence electrons. The Morgan fingerprint density at radius 3 is 2.67 bits per heavy atom. The topological polar surface area (TPSA) is 55.6 Å². The van der Waals surface area contributed by atoms with E-state index < -0.39 is 5.41 Å². The standard InChI is InChI=1S/C16H28N2O2S/c1-2-11-20-13-7-6-10-18(12-13)15(19)16(14(17)21)8-4-3-5-9-16/h13H,2-12H2,1H3,(H2,17,21). The Kier molecular flexibility index (Phi) is 5.99. The minimum atomic E-state index is -0.583. The van der Waals surface area contributed by atoms with Gasteiger partial charge in [-0.2, -0.15) is 0 Å². The van der Waals surface area contributed by atoms with Crippen LogP contribution in [0.5, 0.6) is 0 Å². The Labute approximate surface area is 133 Å². The van der Waals surface area contributed by atoms with Gasteiger partial charge < -0.3 is 15.4 Å². The first kappa shape index (κ1) is 16.7. The van der Waals surface area contributed by atoms with Crippen molar-refractivity contribution in [2.24, 2.45) is 11.1 Å². The van der Waals surface area contributed by atoms with Gasteiger partial charge in [0.05, 0.1) is 16.5 Å². The van der Waals surface area contributed by atoms with Gasteiger partial charge >= 0.3 is 0 Å². The van der Waals surface area contributed by atoms with Gasteiger partial charge in [0.1, 0.15) is 0 Å². The van der Waals surface area contributed by atoms with Crippen LogP contribution in [-0.4, -0.2) is 41.6 Å². The van der Waals surface area contributed by atoms with Gasteiger partial charge in [-0.15, -0.1) is 0 Å². The second-order valence-electron chi connectivity index (χ2n) is 6.39. The molecule has 0 aromatic rings. The number of nitrogens with two attached hydrogens (primary N) is 1. The van der Waals surface area contributed by atoms with Crippen LogP contribution in [0.2, 0.25) is 0 Å². The zero-order valence-corrected chi connectivity index (χ0v) is 13.9. The van der Waals surface area contributed by atoms with Gasteiger partial charge in [-0.1, -0.05) is 38.4 Å². The van der Waals surface area contributed by atoms with Gasteiger partial charge in [0.2, 0.25) is 5.91 Å². The van der Waals surface area contributed by atoms with Crippen molar-refractivity contribution in [3.8, 4) is 0 Å². The predicted octanol–water partition coefficient (Wildman–Crippen LogP) is 2.64. The number of carbonyl (C=O) groups is 1. The lowest BCUT2D eigenvalue weighted by atomic mass is 9.72. The highest BCUT2D eigenvalue weighted by Crippen LogP contribution is 2.39. The van der Waals surface area contributed by atoms with E-state index in [1.54, 1.807) is 0 Å². The van der Waals surface area contributed by atoms with E-state index >= 15 is 0 Å². The number of nitrogens with zero attached hydrogens (tertiary/aromatic N) is 1. The second-order valence-corrected chi connectivity index (χ2v) is 6.83. The van der Waals surface area contributed by atoms with Crippen LogP contribution in [0.25, 0.3) is 0 Å². The van der Waals surface area contributed by atoms with Crippen LogP contribution < -0.4 is 5.73 Å². The number of piperidine rings is 1. The maximum atomic E-state index is 13.0. The maximum absolute atomic E-state index is 13.0. The summed E-state index contributed by atoms with van der Waals surface area (Å²) in [5.41, 5.74) is 5.39. The van der Waals surface area contributed by atoms with Crippen LogP contribution in [0.1, 0.15) is 58.3 Å². The van der Waals surface area contributed by atoms with Crippen molar-refractivity contribution in [3.63, 3.8) is 0 Å². The van der Waals surface area contributed by atoms with Crippen molar-refractivity contribution in [3.05, 3.63) is 0 Å². The molecule has 5 heteroatoms. The van der Waals surface area contributed by atoms with Crippen molar-refractivity contribution in [2.75, 3.05) is 19.7 Å². The monoisotopic (exact) mass is 312 g/mol. The fourth-order valence-electron chi connectivity index (χ4n) is 3.57. The van der Waals surface area contributed by atoms with Gasteiger partial charge in [-0.25, -0.2) is 0 Å². The molecule has 2 N–H and O–H groups in total. The Bertz CT molecular complexity index is 380. The molecule has 2 fully saturated rings. The highest BCUT2D eigenvalue weighted by atomic mass is 32.1. The fraction of sp³-hybridized carbons (Fsp3) is 0.875. The normalized spacial score (nSPS) is 25.6. The highest BCUT2D eigenvalue weighted by Gasteiger charge is 2.45. The molecule has 4 nitrogen and oxygen atoms in total. The molecule has 1 aliphatic carbocycles. The van der Waals surface area contributed by atoms with Crippen molar-refractivity contribution < 1.29 is 9.53 Å². The van der Waals surface area contributed by atoms with Crippen LogP contribution >= 0.6 is 12.2 Å². The minimum absolute atomic E-state index is 0.152. The summed E-state index contributed by atoms with van der Waals surface area (Å²) >= 11 is 5.27. The Morgan fingerprint density at radius 2 is 2.05 bits per heavy atom. The first-order valence-corrected chi connectivity index (χ1v) is 8.72. The molecule has 1 amide bonds. The van der Waals surface area contributed by atoms with Crippen LogP contribution in [0.4, 0.5) is 0 Å². The van der Waals surface area contributed by atoms with E-state index in [0.29, 0.717) is 11.5 Å². The zero-order valence-electron chi connectivity index (χ0n) is 13.1. The number of hydrogen-bond acceptors (Lipinski definition) is 3. The molecule has 1 atom stereocenters. The van der Waals surface area contributed by atoms with Gasteiger partial charge in [0.25, 0.3) is 0 Å². The van der Waals surface area contributed by atoms with E-state index in [1.807, 2.05) is 4.90 Å². The minimum Gasteiger partial charge on any atom is -0.392 e. The summed E-state index contributed by atoms with van der Waals surface area (Å²) in [7, 11) is 0. The number of ether oxygens (including phenoxy) is 1. The van der Waals surface area contributed by atoms with Crippen LogP contribution in [-0.2, 0) is 9.53 Å². The lowest BCUT2D eigenvalue weighted by Crippen LogP contribution is -2.54. The van der Waals surface area contributed by atoms with Crippen molar-refractivity contribution in [2.45, 2.75) is 64.4 Å². The molecule has 0 radical (unpaired) electrons. The lowest BCUT2D eigenvalue weighted by Gasteiger charge is -2.41. The number of carbonyl (C=O) groups excluding carboxylic acids is 1. The average Bonchev–Trinajstić information content (AvgIpc) is 2.53. The smallest absolute Gasteiger partial charge is 0.235 e. The molecule has 1 heterocycles. The van der Waals surface area contributed by atoms with Gasteiger partial charge in [-0.3, -0.25) is 4.79 Å². The molecule has 1 saturated heterocycles. The van der Waals surface area contributed by atoms with E-state index in [2.05, 4.69) is 6.92 Å². The van der Waals surface area contributed by atoms with E-state index in [0.717, 1.165) is 58.1 Å². The predicted molar refractivity (Wildman–Crippen MR) is 88.1 cm³/mol. The number of likely N-dealkylation sites (tertiary alicyclic amines) is 1. The Morgan fingerprint density at radius 1 is 1.33 bits per heavy atom. The van der Waals surface area contributed by atoms with Gasteiger partial charge in [-0.05, 0) is 32.1 Å². The summed E-state index contributed by atoms with van der Waals surface area (Å²) in [4.78, 5) is 15.4. The number of thiocarbonyl (C=S) groups is 1. The first-order chi connectivity index (χ1) is 10.1. The molecule has 1 aliphatic heterocycles. The Hall–Kier alpha value is -0.680. The second kappa shape index (κ2) is 7.54. The maximum Gasteiger partial charge on any atom is 0.235 e. The van der Waals surface area contributed by atoms with Crippen molar-refractivity contribution in [1.82, 2.24) is 4.90 Å². The van der Waals surface area contributed by atoms with Gasteiger partial charge in [0, 0.05) is 19.7 Å². The first-order valence-electron chi connectivity index (χ1n) is 8.31. The highest BCUT2D eigenvalue weighted by molar-refractivity contribution is 7.80. The molecule has 0 aromatic heterocycles. The summed E-state index contributed by atoms with van der Waals surface area (Å²) in [5, 5.41) is 0. The van der Waals surface area contributed by atoms with E-state index in [1.165, 1.54) is 6.42 Å². The molecule has 0 bridgehead atoms. The lowest BCUT2D eigenvalue weighted by molar-refractivity contribution is -0.144. The molecular weight excluding hydrogens is 284 g/mol. The van der Waals surface area contributed by atoms with E-state index in [4.69, 9.17) is 22.7 Å². The summed E-state index contributed by atoms with van der Waals surface area (Å²) in [6.07, 6.45) is 8.16. The Balaban J connectivity index is 2.04. The number of amides is 1. The summed E-state index contributed by atoms with van der Waals surface area (Å²) < 4.78 is 5.84. The molecule has 2 aliphatic rings. The summed E-state index contributed by atoms with van der Waals surface area (Å²) in [6, 6.07) is 0. The van der Waals surface area contributed by atoms with E-state index in [-0.39, 0.29) is 12.0 Å². The quantitative estimate of drug-likeness (QED) is 0.793. The molecule has 1 saturated carbocycles.